The van der Waals surface area contributed by atoms with Crippen molar-refractivity contribution in [2.45, 2.75) is 64.6 Å². The molecule has 1 aliphatic rings. The van der Waals surface area contributed by atoms with Gasteiger partial charge in [-0.25, -0.2) is 0 Å². The quantitative estimate of drug-likeness (QED) is 0.691. The van der Waals surface area contributed by atoms with Gasteiger partial charge in [0.2, 0.25) is 0 Å². The third-order valence-corrected chi connectivity index (χ3v) is 3.27. The van der Waals surface area contributed by atoms with E-state index in [1.807, 2.05) is 0 Å². The van der Waals surface area contributed by atoms with Gasteiger partial charge in [-0.15, -0.1) is 0 Å². The Hall–Kier alpha value is -0.0800. The minimum atomic E-state index is -0.213. The number of unbranched alkanes of at least 4 members (excludes halogenated alkanes) is 1. The molecule has 0 aromatic carbocycles. The van der Waals surface area contributed by atoms with Crippen molar-refractivity contribution < 1.29 is 9.84 Å². The van der Waals surface area contributed by atoms with Crippen LogP contribution in [-0.2, 0) is 4.74 Å². The Labute approximate surface area is 87.7 Å². The second kappa shape index (κ2) is 6.41. The Morgan fingerprint density at radius 1 is 1.29 bits per heavy atom. The predicted octanol–water partition coefficient (Wildman–Crippen LogP) is 2.74. The summed E-state index contributed by atoms with van der Waals surface area (Å²) in [6.45, 7) is 5.20. The Morgan fingerprint density at radius 3 is 2.71 bits per heavy atom. The average Bonchev–Trinajstić information content (AvgIpc) is 2.21. The lowest BCUT2D eigenvalue weighted by Gasteiger charge is -2.32. The number of aliphatic hydroxyl groups is 1. The molecule has 0 heterocycles. The number of hydrogen-bond donors (Lipinski definition) is 1. The molecule has 0 saturated heterocycles. The average molecular weight is 200 g/mol. The maximum Gasteiger partial charge on any atom is 0.0836 e. The van der Waals surface area contributed by atoms with Crippen molar-refractivity contribution in [3.8, 4) is 0 Å². The summed E-state index contributed by atoms with van der Waals surface area (Å²) >= 11 is 0. The first kappa shape index (κ1) is 12.0. The van der Waals surface area contributed by atoms with Gasteiger partial charge in [0, 0.05) is 6.61 Å². The van der Waals surface area contributed by atoms with E-state index in [4.69, 9.17) is 4.74 Å². The van der Waals surface area contributed by atoms with Crippen LogP contribution in [0.2, 0.25) is 0 Å². The first-order valence-corrected chi connectivity index (χ1v) is 6.07. The highest BCUT2D eigenvalue weighted by Crippen LogP contribution is 2.28. The zero-order valence-corrected chi connectivity index (χ0v) is 9.54. The molecule has 3 unspecified atom stereocenters. The van der Waals surface area contributed by atoms with E-state index in [9.17, 15) is 5.11 Å². The molecule has 0 spiro atoms. The Kier molecular flexibility index (Phi) is 5.49. The van der Waals surface area contributed by atoms with E-state index in [1.165, 1.54) is 19.3 Å². The van der Waals surface area contributed by atoms with Crippen LogP contribution in [0.4, 0.5) is 0 Å². The summed E-state index contributed by atoms with van der Waals surface area (Å²) in [5.74, 6) is 0.769. The Bertz CT molecular complexity index is 147. The lowest BCUT2D eigenvalue weighted by Crippen LogP contribution is -2.36. The van der Waals surface area contributed by atoms with Gasteiger partial charge in [-0.1, -0.05) is 26.7 Å². The first-order valence-electron chi connectivity index (χ1n) is 6.07. The van der Waals surface area contributed by atoms with Crippen LogP contribution in [0.25, 0.3) is 0 Å². The second-order valence-corrected chi connectivity index (χ2v) is 4.42. The molecule has 0 aromatic rings. The summed E-state index contributed by atoms with van der Waals surface area (Å²) in [5, 5.41) is 9.76. The third-order valence-electron chi connectivity index (χ3n) is 3.27. The number of rotatable bonds is 5. The molecule has 84 valence electrons. The Morgan fingerprint density at radius 2 is 2.07 bits per heavy atom. The van der Waals surface area contributed by atoms with Gasteiger partial charge < -0.3 is 9.84 Å². The van der Waals surface area contributed by atoms with Crippen LogP contribution < -0.4 is 0 Å². The normalized spacial score (nSPS) is 33.2. The SMILES string of the molecule is CCCCOC1CC(CC)CCC1O. The van der Waals surface area contributed by atoms with Gasteiger partial charge >= 0.3 is 0 Å². The maximum atomic E-state index is 9.76. The molecule has 3 atom stereocenters. The van der Waals surface area contributed by atoms with Crippen molar-refractivity contribution in [2.75, 3.05) is 6.61 Å². The van der Waals surface area contributed by atoms with Crippen molar-refractivity contribution in [1.29, 1.82) is 0 Å². The van der Waals surface area contributed by atoms with Crippen molar-refractivity contribution in [1.82, 2.24) is 0 Å². The molecule has 14 heavy (non-hydrogen) atoms. The minimum absolute atomic E-state index is 0.111. The largest absolute Gasteiger partial charge is 0.390 e. The molecule has 0 aromatic heterocycles. The van der Waals surface area contributed by atoms with E-state index in [0.717, 1.165) is 31.8 Å². The summed E-state index contributed by atoms with van der Waals surface area (Å²) in [6.07, 6.45) is 6.55. The molecule has 2 heteroatoms. The van der Waals surface area contributed by atoms with Gasteiger partial charge in [0.05, 0.1) is 12.2 Å². The molecule has 0 amide bonds. The summed E-state index contributed by atoms with van der Waals surface area (Å²) in [7, 11) is 0. The van der Waals surface area contributed by atoms with Gasteiger partial charge in [-0.2, -0.15) is 0 Å². The maximum absolute atomic E-state index is 9.76. The summed E-state index contributed by atoms with van der Waals surface area (Å²) in [4.78, 5) is 0. The van der Waals surface area contributed by atoms with Crippen LogP contribution in [0, 0.1) is 5.92 Å². The summed E-state index contributed by atoms with van der Waals surface area (Å²) in [5.41, 5.74) is 0. The van der Waals surface area contributed by atoms with Crippen molar-refractivity contribution in [3.05, 3.63) is 0 Å². The number of ether oxygens (including phenoxy) is 1. The molecule has 1 aliphatic carbocycles. The molecule has 0 radical (unpaired) electrons. The standard InChI is InChI=1S/C12H24O2/c1-3-5-8-14-12-9-10(4-2)6-7-11(12)13/h10-13H,3-9H2,1-2H3. The molecule has 1 fully saturated rings. The molecule has 2 nitrogen and oxygen atoms in total. The monoisotopic (exact) mass is 200 g/mol. The highest BCUT2D eigenvalue weighted by atomic mass is 16.5. The van der Waals surface area contributed by atoms with Gasteiger partial charge in [-0.05, 0) is 31.6 Å². The topological polar surface area (TPSA) is 29.5 Å². The number of aliphatic hydroxyl groups excluding tert-OH is 1. The van der Waals surface area contributed by atoms with Crippen LogP contribution >= 0.6 is 0 Å². The van der Waals surface area contributed by atoms with E-state index in [0.29, 0.717) is 0 Å². The van der Waals surface area contributed by atoms with Crippen LogP contribution in [0.1, 0.15) is 52.4 Å². The van der Waals surface area contributed by atoms with Gasteiger partial charge in [0.15, 0.2) is 0 Å². The molecule has 1 saturated carbocycles. The minimum Gasteiger partial charge on any atom is -0.390 e. The van der Waals surface area contributed by atoms with E-state index in [2.05, 4.69) is 13.8 Å². The fourth-order valence-corrected chi connectivity index (χ4v) is 2.12. The lowest BCUT2D eigenvalue weighted by atomic mass is 9.84. The summed E-state index contributed by atoms with van der Waals surface area (Å²) < 4.78 is 5.72. The molecule has 0 bridgehead atoms. The van der Waals surface area contributed by atoms with Crippen molar-refractivity contribution in [2.24, 2.45) is 5.92 Å². The fourth-order valence-electron chi connectivity index (χ4n) is 2.12. The van der Waals surface area contributed by atoms with Gasteiger partial charge in [0.25, 0.3) is 0 Å². The summed E-state index contributed by atoms with van der Waals surface area (Å²) in [6, 6.07) is 0. The number of hydrogen-bond acceptors (Lipinski definition) is 2. The molecular weight excluding hydrogens is 176 g/mol. The van der Waals surface area contributed by atoms with Gasteiger partial charge in [-0.3, -0.25) is 0 Å². The molecule has 1 rings (SSSR count). The van der Waals surface area contributed by atoms with E-state index < -0.39 is 0 Å². The zero-order valence-electron chi connectivity index (χ0n) is 9.54. The van der Waals surface area contributed by atoms with Crippen LogP contribution in [0.3, 0.4) is 0 Å². The van der Waals surface area contributed by atoms with Crippen LogP contribution in [0.5, 0.6) is 0 Å². The van der Waals surface area contributed by atoms with E-state index in [-0.39, 0.29) is 12.2 Å². The highest BCUT2D eigenvalue weighted by Gasteiger charge is 2.28. The fraction of sp³-hybridized carbons (Fsp3) is 1.00. The predicted molar refractivity (Wildman–Crippen MR) is 58.3 cm³/mol. The highest BCUT2D eigenvalue weighted by molar-refractivity contribution is 4.79. The first-order chi connectivity index (χ1) is 6.77. The van der Waals surface area contributed by atoms with Crippen LogP contribution in [0.15, 0.2) is 0 Å². The molecule has 1 N–H and O–H groups in total. The van der Waals surface area contributed by atoms with E-state index >= 15 is 0 Å². The zero-order chi connectivity index (χ0) is 10.4. The third kappa shape index (κ3) is 3.58. The molecular formula is C12H24O2. The van der Waals surface area contributed by atoms with Gasteiger partial charge in [0.1, 0.15) is 0 Å². The second-order valence-electron chi connectivity index (χ2n) is 4.42. The Balaban J connectivity index is 2.25. The smallest absolute Gasteiger partial charge is 0.0836 e. The lowest BCUT2D eigenvalue weighted by molar-refractivity contribution is -0.0721. The van der Waals surface area contributed by atoms with Crippen LogP contribution in [-0.4, -0.2) is 23.9 Å². The van der Waals surface area contributed by atoms with Crippen molar-refractivity contribution in [3.63, 3.8) is 0 Å². The van der Waals surface area contributed by atoms with E-state index in [1.54, 1.807) is 0 Å². The molecule has 0 aliphatic heterocycles. The van der Waals surface area contributed by atoms with Crippen molar-refractivity contribution >= 4 is 0 Å².